The molecule has 0 saturated carbocycles. The molecule has 0 spiro atoms. The molecule has 0 aliphatic rings. The Labute approximate surface area is 121 Å². The molecule has 0 bridgehead atoms. The molecule has 116 valence electrons. The second-order valence-electron chi connectivity index (χ2n) is 3.07. The van der Waals surface area contributed by atoms with Gasteiger partial charge < -0.3 is 10.6 Å². The van der Waals surface area contributed by atoms with Gasteiger partial charge in [-0.05, 0) is 14.0 Å². The lowest BCUT2D eigenvalue weighted by molar-refractivity contribution is -0.120. The van der Waals surface area contributed by atoms with Crippen molar-refractivity contribution in [1.29, 1.82) is 0 Å². The van der Waals surface area contributed by atoms with E-state index in [-0.39, 0.29) is 5.91 Å². The monoisotopic (exact) mass is 292 g/mol. The zero-order chi connectivity index (χ0) is 15.5. The number of hydrogen-bond donors (Lipinski definition) is 2. The van der Waals surface area contributed by atoms with Crippen LogP contribution in [-0.2, 0) is 15.6 Å². The zero-order valence-corrected chi connectivity index (χ0v) is 14.2. The van der Waals surface area contributed by atoms with Gasteiger partial charge >= 0.3 is 0 Å². The van der Waals surface area contributed by atoms with E-state index in [0.29, 0.717) is 24.5 Å². The van der Waals surface area contributed by atoms with Gasteiger partial charge in [0.05, 0.1) is 0 Å². The molecule has 2 N–H and O–H groups in total. The van der Waals surface area contributed by atoms with Crippen molar-refractivity contribution in [1.82, 2.24) is 10.6 Å². The summed E-state index contributed by atoms with van der Waals surface area (Å²) in [7, 11) is 0.931. The molecule has 0 saturated heterocycles. The molecule has 0 aromatic rings. The maximum absolute atomic E-state index is 11.3. The highest BCUT2D eigenvalue weighted by Crippen LogP contribution is 1.88. The van der Waals surface area contributed by atoms with E-state index >= 15 is 0 Å². The summed E-state index contributed by atoms with van der Waals surface area (Å²) < 4.78 is 11.3. The maximum atomic E-state index is 11.3. The number of rotatable bonds is 8. The Morgan fingerprint density at radius 1 is 1.16 bits per heavy atom. The quantitative estimate of drug-likeness (QED) is 0.674. The minimum atomic E-state index is -0.889. The summed E-state index contributed by atoms with van der Waals surface area (Å²) in [5.74, 6) is 1.02. The van der Waals surface area contributed by atoms with Gasteiger partial charge in [0.15, 0.2) is 0 Å². The average molecular weight is 292 g/mol. The lowest BCUT2D eigenvalue weighted by Crippen LogP contribution is -2.25. The van der Waals surface area contributed by atoms with Gasteiger partial charge in [-0.3, -0.25) is 9.00 Å². The van der Waals surface area contributed by atoms with Gasteiger partial charge in [-0.1, -0.05) is 39.8 Å². The molecule has 1 amide bonds. The summed E-state index contributed by atoms with van der Waals surface area (Å²) in [5, 5.41) is 5.64. The summed E-state index contributed by atoms with van der Waals surface area (Å²) >= 11 is 0. The van der Waals surface area contributed by atoms with Gasteiger partial charge in [0.2, 0.25) is 5.91 Å². The smallest absolute Gasteiger partial charge is 0.221 e. The van der Waals surface area contributed by atoms with Gasteiger partial charge in [-0.15, -0.1) is 0 Å². The fraction of sp³-hybridized carbons (Fsp3) is 0.786. The Balaban J connectivity index is -0.000000579. The largest absolute Gasteiger partial charge is 0.353 e. The molecule has 4 nitrogen and oxygen atoms in total. The standard InChI is InChI=1S/C10H20N2O2S.2C2H6/c1-3-4-6-12-10(13)5-8-15(14)9-7-11-2;2*1-2/h3-4,11H,5-9H2,1-2H3,(H,12,13);2*1-2H3. The van der Waals surface area contributed by atoms with Crippen LogP contribution in [-0.4, -0.2) is 41.8 Å². The fourth-order valence-corrected chi connectivity index (χ4v) is 1.95. The predicted molar refractivity (Wildman–Crippen MR) is 86.9 cm³/mol. The van der Waals surface area contributed by atoms with E-state index in [4.69, 9.17) is 0 Å². The first-order valence-corrected chi connectivity index (χ1v) is 8.57. The van der Waals surface area contributed by atoms with Gasteiger partial charge in [0.1, 0.15) is 0 Å². The number of carbonyl (C=O) groups is 1. The third kappa shape index (κ3) is 22.9. The molecule has 1 unspecified atom stereocenters. The van der Waals surface area contributed by atoms with Crippen LogP contribution in [0.3, 0.4) is 0 Å². The van der Waals surface area contributed by atoms with Crippen LogP contribution in [0.2, 0.25) is 0 Å². The first kappa shape index (κ1) is 23.4. The second kappa shape index (κ2) is 22.5. The van der Waals surface area contributed by atoms with Crippen molar-refractivity contribution < 1.29 is 9.00 Å². The molecule has 0 fully saturated rings. The Morgan fingerprint density at radius 3 is 2.21 bits per heavy atom. The van der Waals surface area contributed by atoms with Crippen LogP contribution in [0.15, 0.2) is 12.2 Å². The first-order valence-electron chi connectivity index (χ1n) is 7.08. The van der Waals surface area contributed by atoms with Gasteiger partial charge in [-0.2, -0.15) is 0 Å². The van der Waals surface area contributed by atoms with Gasteiger partial charge in [0.25, 0.3) is 0 Å². The van der Waals surface area contributed by atoms with Crippen molar-refractivity contribution in [3.05, 3.63) is 12.2 Å². The molecule has 5 heteroatoms. The minimum absolute atomic E-state index is 0.0362. The van der Waals surface area contributed by atoms with Crippen LogP contribution in [0.4, 0.5) is 0 Å². The Hall–Kier alpha value is -0.680. The number of allylic oxidation sites excluding steroid dienone is 1. The molecular formula is C14H32N2O2S. The van der Waals surface area contributed by atoms with E-state index in [0.717, 1.165) is 6.54 Å². The van der Waals surface area contributed by atoms with E-state index in [1.807, 2.05) is 53.8 Å². The van der Waals surface area contributed by atoms with Crippen LogP contribution >= 0.6 is 0 Å². The van der Waals surface area contributed by atoms with E-state index in [9.17, 15) is 9.00 Å². The molecule has 0 aromatic heterocycles. The van der Waals surface area contributed by atoms with Crippen molar-refractivity contribution in [2.24, 2.45) is 0 Å². The summed E-state index contributed by atoms with van der Waals surface area (Å²) in [4.78, 5) is 11.2. The van der Waals surface area contributed by atoms with Gasteiger partial charge in [0, 0.05) is 41.8 Å². The van der Waals surface area contributed by atoms with Crippen LogP contribution in [0.5, 0.6) is 0 Å². The molecule has 1 atom stereocenters. The highest BCUT2D eigenvalue weighted by molar-refractivity contribution is 7.85. The zero-order valence-electron chi connectivity index (χ0n) is 13.4. The Morgan fingerprint density at radius 2 is 1.74 bits per heavy atom. The van der Waals surface area contributed by atoms with Crippen molar-refractivity contribution in [2.45, 2.75) is 41.0 Å². The van der Waals surface area contributed by atoms with Crippen molar-refractivity contribution in [2.75, 3.05) is 31.6 Å². The lowest BCUT2D eigenvalue weighted by atomic mass is 10.4. The number of hydrogen-bond acceptors (Lipinski definition) is 3. The van der Waals surface area contributed by atoms with Crippen LogP contribution in [0.25, 0.3) is 0 Å². The normalized spacial score (nSPS) is 10.8. The summed E-state index contributed by atoms with van der Waals surface area (Å²) in [5.41, 5.74) is 0. The minimum Gasteiger partial charge on any atom is -0.353 e. The van der Waals surface area contributed by atoms with E-state index in [1.165, 1.54) is 0 Å². The summed E-state index contributed by atoms with van der Waals surface area (Å²) in [6, 6.07) is 0. The maximum Gasteiger partial charge on any atom is 0.221 e. The Bertz CT molecular complexity index is 231. The first-order chi connectivity index (χ1) is 9.20. The molecular weight excluding hydrogens is 260 g/mol. The molecule has 0 rings (SSSR count). The third-order valence-corrected chi connectivity index (χ3v) is 3.11. The lowest BCUT2D eigenvalue weighted by Gasteiger charge is -2.02. The topological polar surface area (TPSA) is 58.2 Å². The van der Waals surface area contributed by atoms with Crippen LogP contribution in [0.1, 0.15) is 41.0 Å². The number of nitrogens with one attached hydrogen (secondary N) is 2. The second-order valence-corrected chi connectivity index (χ2v) is 4.77. The summed E-state index contributed by atoms with van der Waals surface area (Å²) in [6.45, 7) is 11.2. The summed E-state index contributed by atoms with van der Waals surface area (Å²) in [6.07, 6.45) is 4.09. The molecule has 0 aliphatic carbocycles. The van der Waals surface area contributed by atoms with Crippen molar-refractivity contribution in [3.63, 3.8) is 0 Å². The van der Waals surface area contributed by atoms with Crippen molar-refractivity contribution in [3.8, 4) is 0 Å². The molecule has 0 heterocycles. The number of carbonyl (C=O) groups excluding carboxylic acids is 1. The van der Waals surface area contributed by atoms with Crippen LogP contribution < -0.4 is 10.6 Å². The fourth-order valence-electron chi connectivity index (χ4n) is 0.903. The molecule has 0 aliphatic heterocycles. The van der Waals surface area contributed by atoms with Crippen LogP contribution in [0, 0.1) is 0 Å². The van der Waals surface area contributed by atoms with Gasteiger partial charge in [-0.25, -0.2) is 0 Å². The van der Waals surface area contributed by atoms with E-state index < -0.39 is 10.8 Å². The van der Waals surface area contributed by atoms with Crippen molar-refractivity contribution >= 4 is 16.7 Å². The van der Waals surface area contributed by atoms with E-state index in [2.05, 4.69) is 10.6 Å². The molecule has 19 heavy (non-hydrogen) atoms. The molecule has 0 radical (unpaired) electrons. The SMILES string of the molecule is CC.CC.CC=CCNC(=O)CCS(=O)CCNC. The van der Waals surface area contributed by atoms with E-state index in [1.54, 1.807) is 0 Å². The molecule has 0 aromatic carbocycles. The Kier molecular flexibility index (Phi) is 27.7. The predicted octanol–water partition coefficient (Wildman–Crippen LogP) is 2.09. The number of amides is 1. The highest BCUT2D eigenvalue weighted by Gasteiger charge is 2.03. The highest BCUT2D eigenvalue weighted by atomic mass is 32.2. The third-order valence-electron chi connectivity index (χ3n) is 1.79. The average Bonchev–Trinajstić information content (AvgIpc) is 2.47.